The van der Waals surface area contributed by atoms with Crippen molar-refractivity contribution in [1.82, 2.24) is 0 Å². The van der Waals surface area contributed by atoms with Crippen molar-refractivity contribution in [2.24, 2.45) is 5.92 Å². The number of hydrogen-bond acceptors (Lipinski definition) is 2. The topological polar surface area (TPSA) is 49.3 Å². The molecule has 1 heterocycles. The lowest BCUT2D eigenvalue weighted by molar-refractivity contribution is 0.0696. The number of carbonyl (C=O) groups is 1. The van der Waals surface area contributed by atoms with Crippen LogP contribution >= 0.6 is 11.6 Å². The van der Waals surface area contributed by atoms with E-state index < -0.39 is 5.97 Å². The molecular formula is C20H18ClNO2. The number of halogens is 1. The Bertz CT molecular complexity index is 859. The maximum absolute atomic E-state index is 11.2. The zero-order valence-electron chi connectivity index (χ0n) is 13.3. The molecule has 0 saturated heterocycles. The third-order valence-electron chi connectivity index (χ3n) is 5.18. The van der Waals surface area contributed by atoms with Crippen LogP contribution in [0.4, 0.5) is 5.69 Å². The van der Waals surface area contributed by atoms with E-state index in [-0.39, 0.29) is 6.04 Å². The highest BCUT2D eigenvalue weighted by Crippen LogP contribution is 2.50. The molecule has 1 aliphatic heterocycles. The van der Waals surface area contributed by atoms with Crippen LogP contribution in [-0.2, 0) is 0 Å². The number of rotatable bonds is 2. The molecule has 2 N–H and O–H groups in total. The van der Waals surface area contributed by atoms with E-state index in [1.165, 1.54) is 11.1 Å². The van der Waals surface area contributed by atoms with E-state index >= 15 is 0 Å². The number of hydrogen-bond donors (Lipinski definition) is 2. The van der Waals surface area contributed by atoms with Crippen LogP contribution in [-0.4, -0.2) is 11.1 Å². The van der Waals surface area contributed by atoms with Crippen LogP contribution < -0.4 is 5.32 Å². The van der Waals surface area contributed by atoms with Gasteiger partial charge >= 0.3 is 5.97 Å². The summed E-state index contributed by atoms with van der Waals surface area (Å²) in [5.74, 6) is -0.115. The molecule has 0 fully saturated rings. The molecule has 3 atom stereocenters. The van der Waals surface area contributed by atoms with Gasteiger partial charge in [-0.25, -0.2) is 4.79 Å². The smallest absolute Gasteiger partial charge is 0.335 e. The zero-order valence-corrected chi connectivity index (χ0v) is 14.0. The van der Waals surface area contributed by atoms with Crippen molar-refractivity contribution in [3.63, 3.8) is 0 Å². The third-order valence-corrected chi connectivity index (χ3v) is 5.41. The first-order chi connectivity index (χ1) is 11.5. The zero-order chi connectivity index (χ0) is 16.8. The second-order valence-electron chi connectivity index (χ2n) is 6.58. The van der Waals surface area contributed by atoms with Crippen LogP contribution in [0.2, 0.25) is 5.02 Å². The normalized spacial score (nSPS) is 24.2. The molecule has 2 aromatic carbocycles. The van der Waals surface area contributed by atoms with Crippen molar-refractivity contribution in [2.75, 3.05) is 5.32 Å². The number of allylic oxidation sites excluding steroid dienone is 2. The monoisotopic (exact) mass is 339 g/mol. The van der Waals surface area contributed by atoms with Gasteiger partial charge < -0.3 is 10.4 Å². The largest absolute Gasteiger partial charge is 0.478 e. The minimum absolute atomic E-state index is 0.168. The van der Waals surface area contributed by atoms with Gasteiger partial charge in [0.25, 0.3) is 0 Å². The summed E-state index contributed by atoms with van der Waals surface area (Å²) in [4.78, 5) is 11.2. The maximum atomic E-state index is 11.2. The molecule has 0 radical (unpaired) electrons. The van der Waals surface area contributed by atoms with Crippen molar-refractivity contribution >= 4 is 23.3 Å². The maximum Gasteiger partial charge on any atom is 0.335 e. The summed E-state index contributed by atoms with van der Waals surface area (Å²) in [5, 5.41) is 13.6. The Labute approximate surface area is 146 Å². The minimum atomic E-state index is -0.887. The number of carboxylic acid groups (broad SMARTS) is 1. The Kier molecular flexibility index (Phi) is 3.61. The standard InChI is InChI=1S/C20H18ClNO2/c1-11-9-12(20(23)24)5-7-14(11)19-16-4-2-3-15(16)17-10-13(21)6-8-18(17)22-19/h2-3,5-10,15-16,19,22H,4H2,1H3,(H,23,24). The van der Waals surface area contributed by atoms with Gasteiger partial charge in [0.05, 0.1) is 11.6 Å². The van der Waals surface area contributed by atoms with Gasteiger partial charge in [0.2, 0.25) is 0 Å². The highest BCUT2D eigenvalue weighted by molar-refractivity contribution is 6.30. The van der Waals surface area contributed by atoms with Crippen LogP contribution in [0.3, 0.4) is 0 Å². The first-order valence-corrected chi connectivity index (χ1v) is 8.49. The summed E-state index contributed by atoms with van der Waals surface area (Å²) in [7, 11) is 0. The highest BCUT2D eigenvalue weighted by Gasteiger charge is 2.38. The average molecular weight is 340 g/mol. The number of aryl methyl sites for hydroxylation is 1. The summed E-state index contributed by atoms with van der Waals surface area (Å²) >= 11 is 6.19. The predicted octanol–water partition coefficient (Wildman–Crippen LogP) is 5.17. The van der Waals surface area contributed by atoms with Gasteiger partial charge in [-0.1, -0.05) is 29.8 Å². The number of carboxylic acids is 1. The van der Waals surface area contributed by atoms with Crippen LogP contribution in [0, 0.1) is 12.8 Å². The highest BCUT2D eigenvalue weighted by atomic mass is 35.5. The Hall–Kier alpha value is -2.26. The molecule has 1 aliphatic carbocycles. The van der Waals surface area contributed by atoms with E-state index in [2.05, 4.69) is 17.5 Å². The molecule has 0 saturated carbocycles. The van der Waals surface area contributed by atoms with Crippen LogP contribution in [0.5, 0.6) is 0 Å². The van der Waals surface area contributed by atoms with Crippen molar-refractivity contribution in [2.45, 2.75) is 25.3 Å². The molecule has 3 unspecified atom stereocenters. The second kappa shape index (κ2) is 5.67. The first-order valence-electron chi connectivity index (χ1n) is 8.11. The SMILES string of the molecule is Cc1cc(C(=O)O)ccc1C1Nc2ccc(Cl)cc2C2C=CCC21. The predicted molar refractivity (Wildman–Crippen MR) is 95.9 cm³/mol. The molecule has 4 rings (SSSR count). The lowest BCUT2D eigenvalue weighted by Gasteiger charge is -2.38. The van der Waals surface area contributed by atoms with E-state index in [9.17, 15) is 9.90 Å². The van der Waals surface area contributed by atoms with Gasteiger partial charge in [0.1, 0.15) is 0 Å². The molecule has 2 aromatic rings. The molecule has 3 nitrogen and oxygen atoms in total. The molecule has 0 bridgehead atoms. The second-order valence-corrected chi connectivity index (χ2v) is 7.02. The van der Waals surface area contributed by atoms with Gasteiger partial charge in [-0.15, -0.1) is 0 Å². The number of aromatic carboxylic acids is 1. The number of fused-ring (bicyclic) bond motifs is 3. The summed E-state index contributed by atoms with van der Waals surface area (Å²) in [6, 6.07) is 11.6. The quantitative estimate of drug-likeness (QED) is 0.742. The van der Waals surface area contributed by atoms with E-state index in [1.54, 1.807) is 12.1 Å². The molecule has 0 spiro atoms. The Morgan fingerprint density at radius 2 is 2.04 bits per heavy atom. The molecule has 122 valence electrons. The third kappa shape index (κ3) is 2.40. The van der Waals surface area contributed by atoms with Crippen LogP contribution in [0.15, 0.2) is 48.6 Å². The number of nitrogens with one attached hydrogen (secondary N) is 1. The first kappa shape index (κ1) is 15.3. The summed E-state index contributed by atoms with van der Waals surface area (Å²) < 4.78 is 0. The minimum Gasteiger partial charge on any atom is -0.478 e. The Balaban J connectivity index is 1.77. The van der Waals surface area contributed by atoms with Crippen LogP contribution in [0.1, 0.15) is 45.4 Å². The molecule has 0 amide bonds. The fraction of sp³-hybridized carbons (Fsp3) is 0.250. The van der Waals surface area contributed by atoms with Crippen molar-refractivity contribution in [3.8, 4) is 0 Å². The van der Waals surface area contributed by atoms with Gasteiger partial charge in [0, 0.05) is 16.6 Å². The van der Waals surface area contributed by atoms with Gasteiger partial charge in [0.15, 0.2) is 0 Å². The van der Waals surface area contributed by atoms with Crippen LogP contribution in [0.25, 0.3) is 0 Å². The Morgan fingerprint density at radius 3 is 2.79 bits per heavy atom. The summed E-state index contributed by atoms with van der Waals surface area (Å²) in [6.07, 6.45) is 5.52. The Morgan fingerprint density at radius 1 is 1.21 bits per heavy atom. The molecule has 0 aromatic heterocycles. The van der Waals surface area contributed by atoms with E-state index in [1.807, 2.05) is 31.2 Å². The van der Waals surface area contributed by atoms with Crippen molar-refractivity contribution in [1.29, 1.82) is 0 Å². The number of benzene rings is 2. The van der Waals surface area contributed by atoms with E-state index in [0.29, 0.717) is 17.4 Å². The fourth-order valence-corrected chi connectivity index (χ4v) is 4.21. The number of anilines is 1. The molecular weight excluding hydrogens is 322 g/mol. The summed E-state index contributed by atoms with van der Waals surface area (Å²) in [5.41, 5.74) is 4.87. The molecule has 24 heavy (non-hydrogen) atoms. The lowest BCUT2D eigenvalue weighted by Crippen LogP contribution is -2.29. The molecule has 2 aliphatic rings. The summed E-state index contributed by atoms with van der Waals surface area (Å²) in [6.45, 7) is 1.98. The van der Waals surface area contributed by atoms with E-state index in [4.69, 9.17) is 11.6 Å². The average Bonchev–Trinajstić information content (AvgIpc) is 3.04. The lowest BCUT2D eigenvalue weighted by atomic mass is 9.76. The van der Waals surface area contributed by atoms with Gasteiger partial charge in [-0.2, -0.15) is 0 Å². The van der Waals surface area contributed by atoms with Crippen molar-refractivity contribution < 1.29 is 9.90 Å². The van der Waals surface area contributed by atoms with Gasteiger partial charge in [-0.05, 0) is 66.3 Å². The van der Waals surface area contributed by atoms with Crippen molar-refractivity contribution in [3.05, 3.63) is 75.8 Å². The van der Waals surface area contributed by atoms with Gasteiger partial charge in [-0.3, -0.25) is 0 Å². The molecule has 4 heteroatoms. The van der Waals surface area contributed by atoms with E-state index in [0.717, 1.165) is 22.7 Å². The fourth-order valence-electron chi connectivity index (χ4n) is 4.03.